The molecule has 0 radical (unpaired) electrons. The lowest BCUT2D eigenvalue weighted by Gasteiger charge is -2.13. The molecule has 3 N–H and O–H groups in total. The van der Waals surface area contributed by atoms with E-state index < -0.39 is 0 Å². The lowest BCUT2D eigenvalue weighted by atomic mass is 10.1. The zero-order chi connectivity index (χ0) is 16.5. The molecule has 5 nitrogen and oxygen atoms in total. The van der Waals surface area contributed by atoms with Gasteiger partial charge in [0.15, 0.2) is 0 Å². The number of nitrogens with zero attached hydrogens (tertiary/aromatic N) is 1. The molecule has 1 aromatic carbocycles. The molecule has 0 bridgehead atoms. The van der Waals surface area contributed by atoms with Gasteiger partial charge in [-0.2, -0.15) is 0 Å². The summed E-state index contributed by atoms with van der Waals surface area (Å²) in [7, 11) is 0. The van der Waals surface area contributed by atoms with Crippen LogP contribution in [0.1, 0.15) is 24.4 Å². The molecule has 0 saturated carbocycles. The van der Waals surface area contributed by atoms with Crippen molar-refractivity contribution < 1.29 is 0 Å². The monoisotopic (exact) mass is 360 g/mol. The summed E-state index contributed by atoms with van der Waals surface area (Å²) in [5.41, 5.74) is 2.27. The van der Waals surface area contributed by atoms with Crippen LogP contribution in [0.25, 0.3) is 11.0 Å². The molecule has 1 aliphatic rings. The van der Waals surface area contributed by atoms with Gasteiger partial charge in [0.1, 0.15) is 11.0 Å². The van der Waals surface area contributed by atoms with E-state index in [0.717, 1.165) is 34.7 Å². The van der Waals surface area contributed by atoms with Gasteiger partial charge in [-0.25, -0.2) is 4.98 Å². The number of fused-ring (bicyclic) bond motifs is 1. The van der Waals surface area contributed by atoms with E-state index in [1.54, 1.807) is 0 Å². The summed E-state index contributed by atoms with van der Waals surface area (Å²) < 4.78 is 0. The molecule has 3 heterocycles. The first kappa shape index (κ1) is 15.7. The first-order valence-corrected chi connectivity index (χ1v) is 9.26. The van der Waals surface area contributed by atoms with Gasteiger partial charge in [0.05, 0.1) is 6.33 Å². The molecule has 2 atom stereocenters. The van der Waals surface area contributed by atoms with Gasteiger partial charge < -0.3 is 15.3 Å². The van der Waals surface area contributed by atoms with Crippen LogP contribution in [0.2, 0.25) is 5.02 Å². The molecule has 7 heteroatoms. The lowest BCUT2D eigenvalue weighted by Crippen LogP contribution is -2.26. The Bertz CT molecular complexity index is 905. The maximum absolute atomic E-state index is 11.8. The average molecular weight is 361 g/mol. The van der Waals surface area contributed by atoms with E-state index in [0.29, 0.717) is 11.6 Å². The van der Waals surface area contributed by atoms with Crippen LogP contribution in [0.5, 0.6) is 0 Å². The Hall–Kier alpha value is -1.76. The number of nitrogens with one attached hydrogen (secondary N) is 3. The van der Waals surface area contributed by atoms with Gasteiger partial charge in [0.25, 0.3) is 5.56 Å². The third-order valence-corrected chi connectivity index (χ3v) is 5.81. The van der Waals surface area contributed by atoms with E-state index in [-0.39, 0.29) is 11.6 Å². The Balaban J connectivity index is 1.43. The van der Waals surface area contributed by atoms with E-state index in [1.165, 1.54) is 11.2 Å². The van der Waals surface area contributed by atoms with Crippen LogP contribution >= 0.6 is 23.4 Å². The fourth-order valence-electron chi connectivity index (χ4n) is 3.16. The zero-order valence-corrected chi connectivity index (χ0v) is 14.5. The van der Waals surface area contributed by atoms with Crippen molar-refractivity contribution in [2.45, 2.75) is 29.8 Å². The molecule has 4 rings (SSSR count). The van der Waals surface area contributed by atoms with E-state index in [4.69, 9.17) is 11.6 Å². The fourth-order valence-corrected chi connectivity index (χ4v) is 4.27. The van der Waals surface area contributed by atoms with E-state index >= 15 is 0 Å². The summed E-state index contributed by atoms with van der Waals surface area (Å²) >= 11 is 7.75. The van der Waals surface area contributed by atoms with Crippen LogP contribution in [0, 0.1) is 0 Å². The van der Waals surface area contributed by atoms with Crippen molar-refractivity contribution in [3.63, 3.8) is 0 Å². The third kappa shape index (κ3) is 3.09. The molecule has 0 unspecified atom stereocenters. The molecule has 2 aromatic heterocycles. The minimum absolute atomic E-state index is 0.126. The number of H-pyrrole nitrogens is 2. The van der Waals surface area contributed by atoms with Crippen LogP contribution in [0.15, 0.2) is 46.5 Å². The van der Waals surface area contributed by atoms with Crippen LogP contribution in [-0.4, -0.2) is 26.7 Å². The Morgan fingerprint density at radius 3 is 2.88 bits per heavy atom. The third-order valence-electron chi connectivity index (χ3n) is 4.38. The topological polar surface area (TPSA) is 73.6 Å². The highest BCUT2D eigenvalue weighted by atomic mass is 35.5. The number of thioether (sulfide) groups is 1. The van der Waals surface area contributed by atoms with Crippen molar-refractivity contribution in [1.82, 2.24) is 20.3 Å². The summed E-state index contributed by atoms with van der Waals surface area (Å²) in [6.45, 7) is 0. The first-order chi connectivity index (χ1) is 11.7. The van der Waals surface area contributed by atoms with Crippen molar-refractivity contribution in [1.29, 1.82) is 0 Å². The maximum Gasteiger partial charge on any atom is 0.275 e. The minimum Gasteiger partial charge on any atom is -0.355 e. The van der Waals surface area contributed by atoms with E-state index in [1.807, 2.05) is 30.1 Å². The second-order valence-electron chi connectivity index (χ2n) is 5.96. The molecule has 24 heavy (non-hydrogen) atoms. The molecule has 3 aromatic rings. The van der Waals surface area contributed by atoms with Gasteiger partial charge in [-0.3, -0.25) is 4.79 Å². The smallest absolute Gasteiger partial charge is 0.275 e. The maximum atomic E-state index is 11.8. The Labute approximate surface area is 148 Å². The highest BCUT2D eigenvalue weighted by Gasteiger charge is 2.27. The van der Waals surface area contributed by atoms with Crippen LogP contribution < -0.4 is 10.9 Å². The van der Waals surface area contributed by atoms with Crippen molar-refractivity contribution in [3.8, 4) is 0 Å². The van der Waals surface area contributed by atoms with Crippen LogP contribution in [0.3, 0.4) is 0 Å². The number of aromatic nitrogens is 3. The van der Waals surface area contributed by atoms with Gasteiger partial charge in [-0.05, 0) is 37.1 Å². The Kier molecular flexibility index (Phi) is 4.35. The van der Waals surface area contributed by atoms with Crippen molar-refractivity contribution in [3.05, 3.63) is 57.7 Å². The normalized spacial score (nSPS) is 20.7. The van der Waals surface area contributed by atoms with Crippen LogP contribution in [-0.2, 0) is 0 Å². The average Bonchev–Trinajstić information content (AvgIpc) is 3.21. The standard InChI is InChI=1S/C17H17ClN4OS/c18-10-1-4-12(5-2-10)24-8-11-3-6-14(22-11)13-7-19-16-15(13)20-9-21-17(16)23/h1-2,4-5,7,9,11,14,19,22H,3,6,8H2,(H,20,21,23)/t11-,14+/m0/s1. The quantitative estimate of drug-likeness (QED) is 0.623. The molecule has 124 valence electrons. The highest BCUT2D eigenvalue weighted by molar-refractivity contribution is 7.99. The van der Waals surface area contributed by atoms with Gasteiger partial charge in [0, 0.05) is 39.5 Å². The van der Waals surface area contributed by atoms with E-state index in [9.17, 15) is 4.79 Å². The first-order valence-electron chi connectivity index (χ1n) is 7.90. The Morgan fingerprint density at radius 1 is 1.21 bits per heavy atom. The molecule has 1 aliphatic heterocycles. The Morgan fingerprint density at radius 2 is 2.04 bits per heavy atom. The predicted molar refractivity (Wildman–Crippen MR) is 97.8 cm³/mol. The largest absolute Gasteiger partial charge is 0.355 e. The predicted octanol–water partition coefficient (Wildman–Crippen LogP) is 3.49. The number of halogens is 1. The van der Waals surface area contributed by atoms with E-state index in [2.05, 4.69) is 32.4 Å². The fraction of sp³-hybridized carbons (Fsp3) is 0.294. The lowest BCUT2D eigenvalue weighted by molar-refractivity contribution is 0.592. The SMILES string of the molecule is O=c1[nH]cnc2c([C@H]3CC[C@@H](CSc4ccc(Cl)cc4)N3)c[nH]c12. The molecule has 0 aliphatic carbocycles. The molecule has 0 spiro atoms. The molecular weight excluding hydrogens is 344 g/mol. The molecule has 0 amide bonds. The van der Waals surface area contributed by atoms with Gasteiger partial charge in [-0.1, -0.05) is 11.6 Å². The van der Waals surface area contributed by atoms with Gasteiger partial charge in [0.2, 0.25) is 0 Å². The summed E-state index contributed by atoms with van der Waals surface area (Å²) in [6.07, 6.45) is 5.53. The zero-order valence-electron chi connectivity index (χ0n) is 12.9. The number of benzene rings is 1. The second-order valence-corrected chi connectivity index (χ2v) is 7.49. The number of rotatable bonds is 4. The molecule has 1 saturated heterocycles. The highest BCUT2D eigenvalue weighted by Crippen LogP contribution is 2.32. The summed E-state index contributed by atoms with van der Waals surface area (Å²) in [5, 5.41) is 4.43. The minimum atomic E-state index is -0.126. The number of hydrogen-bond donors (Lipinski definition) is 3. The van der Waals surface area contributed by atoms with Crippen LogP contribution in [0.4, 0.5) is 0 Å². The van der Waals surface area contributed by atoms with Crippen molar-refractivity contribution in [2.24, 2.45) is 0 Å². The van der Waals surface area contributed by atoms with Crippen molar-refractivity contribution >= 4 is 34.4 Å². The second kappa shape index (κ2) is 6.63. The van der Waals surface area contributed by atoms with Gasteiger partial charge in [-0.15, -0.1) is 11.8 Å². The number of hydrogen-bond acceptors (Lipinski definition) is 4. The summed E-state index contributed by atoms with van der Waals surface area (Å²) in [6, 6.07) is 8.63. The number of aromatic amines is 2. The van der Waals surface area contributed by atoms with Gasteiger partial charge >= 0.3 is 0 Å². The molecular formula is C17H17ClN4OS. The molecule has 1 fully saturated rings. The van der Waals surface area contributed by atoms with Crippen molar-refractivity contribution in [2.75, 3.05) is 5.75 Å². The summed E-state index contributed by atoms with van der Waals surface area (Å²) in [5.74, 6) is 1.01. The summed E-state index contributed by atoms with van der Waals surface area (Å²) in [4.78, 5) is 23.0.